The Balaban J connectivity index is 2.05. The van der Waals surface area contributed by atoms with Gasteiger partial charge in [0.05, 0.1) is 11.9 Å². The van der Waals surface area contributed by atoms with Crippen molar-refractivity contribution in [2.45, 2.75) is 13.8 Å². The van der Waals surface area contributed by atoms with Crippen LogP contribution in [-0.2, 0) is 0 Å². The maximum Gasteiger partial charge on any atom is 0.256 e. The molecule has 1 N–H and O–H groups in total. The summed E-state index contributed by atoms with van der Waals surface area (Å²) in [5.74, 6) is 0.213. The van der Waals surface area contributed by atoms with Crippen LogP contribution in [0.25, 0.3) is 16.9 Å². The molecule has 118 valence electrons. The molecule has 0 aliphatic rings. The molecule has 0 aliphatic carbocycles. The minimum atomic E-state index is -0.169. The molecule has 3 aromatic rings. The van der Waals surface area contributed by atoms with E-state index < -0.39 is 0 Å². The van der Waals surface area contributed by atoms with Crippen LogP contribution in [0.5, 0.6) is 0 Å². The number of hydrogen-bond acceptors (Lipinski definition) is 3. The molecule has 0 atom stereocenters. The maximum atomic E-state index is 12.3. The van der Waals surface area contributed by atoms with Crippen molar-refractivity contribution in [3.05, 3.63) is 53.3 Å². The van der Waals surface area contributed by atoms with Gasteiger partial charge in [-0.25, -0.2) is 9.50 Å². The topological polar surface area (TPSA) is 59.3 Å². The van der Waals surface area contributed by atoms with E-state index in [1.165, 1.54) is 0 Å². The molecule has 0 bridgehead atoms. The van der Waals surface area contributed by atoms with Crippen LogP contribution in [0.1, 0.15) is 24.2 Å². The summed E-state index contributed by atoms with van der Waals surface area (Å²) in [5, 5.41) is 7.83. The summed E-state index contributed by atoms with van der Waals surface area (Å²) in [4.78, 5) is 16.6. The van der Waals surface area contributed by atoms with Crippen LogP contribution in [0.2, 0.25) is 5.02 Å². The van der Waals surface area contributed by atoms with E-state index in [0.717, 1.165) is 11.3 Å². The molecular weight excluding hydrogens is 312 g/mol. The minimum Gasteiger partial charge on any atom is -0.352 e. The first-order chi connectivity index (χ1) is 11.1. The number of rotatable bonds is 4. The highest BCUT2D eigenvalue weighted by atomic mass is 35.5. The molecule has 6 heteroatoms. The van der Waals surface area contributed by atoms with Gasteiger partial charge in [-0.15, -0.1) is 0 Å². The van der Waals surface area contributed by atoms with E-state index in [1.807, 2.05) is 44.2 Å². The quantitative estimate of drug-likeness (QED) is 0.798. The van der Waals surface area contributed by atoms with Gasteiger partial charge in [0.2, 0.25) is 0 Å². The van der Waals surface area contributed by atoms with Crippen molar-refractivity contribution >= 4 is 23.2 Å². The molecule has 23 heavy (non-hydrogen) atoms. The van der Waals surface area contributed by atoms with E-state index in [9.17, 15) is 4.79 Å². The molecule has 5 nitrogen and oxygen atoms in total. The van der Waals surface area contributed by atoms with Crippen LogP contribution in [0.4, 0.5) is 0 Å². The number of benzene rings is 1. The van der Waals surface area contributed by atoms with E-state index >= 15 is 0 Å². The van der Waals surface area contributed by atoms with Crippen LogP contribution < -0.4 is 5.32 Å². The van der Waals surface area contributed by atoms with Gasteiger partial charge in [-0.2, -0.15) is 5.10 Å². The van der Waals surface area contributed by atoms with Crippen LogP contribution in [0, 0.1) is 5.92 Å². The van der Waals surface area contributed by atoms with E-state index in [0.29, 0.717) is 28.7 Å². The van der Waals surface area contributed by atoms with Crippen LogP contribution in [0.15, 0.2) is 42.7 Å². The maximum absolute atomic E-state index is 12.3. The summed E-state index contributed by atoms with van der Waals surface area (Å²) >= 11 is 6.27. The van der Waals surface area contributed by atoms with E-state index in [1.54, 1.807) is 16.9 Å². The van der Waals surface area contributed by atoms with Gasteiger partial charge in [0, 0.05) is 23.3 Å². The van der Waals surface area contributed by atoms with Crippen molar-refractivity contribution in [3.63, 3.8) is 0 Å². The molecule has 0 radical (unpaired) electrons. The van der Waals surface area contributed by atoms with Crippen molar-refractivity contribution in [3.8, 4) is 11.3 Å². The Hall–Kier alpha value is -2.40. The van der Waals surface area contributed by atoms with Gasteiger partial charge >= 0.3 is 0 Å². The fraction of sp³-hybridized carbons (Fsp3) is 0.235. The zero-order chi connectivity index (χ0) is 16.4. The van der Waals surface area contributed by atoms with Crippen LogP contribution in [0.3, 0.4) is 0 Å². The number of halogens is 1. The summed E-state index contributed by atoms with van der Waals surface area (Å²) in [5.41, 5.74) is 2.62. The lowest BCUT2D eigenvalue weighted by atomic mass is 10.1. The third-order valence-corrected chi connectivity index (χ3v) is 3.80. The first kappa shape index (κ1) is 15.5. The second-order valence-corrected chi connectivity index (χ2v) is 6.11. The standard InChI is InChI=1S/C17H17ClN4O/c1-11(2)9-20-17(23)13-10-21-22-15(7-8-19-16(13)22)12-5-3-4-6-14(12)18/h3-8,10-11H,9H2,1-2H3,(H,20,23). The Morgan fingerprint density at radius 3 is 2.83 bits per heavy atom. The number of fused-ring (bicyclic) bond motifs is 1. The number of nitrogens with one attached hydrogen (secondary N) is 1. The fourth-order valence-corrected chi connectivity index (χ4v) is 2.55. The first-order valence-electron chi connectivity index (χ1n) is 7.43. The first-order valence-corrected chi connectivity index (χ1v) is 7.81. The zero-order valence-corrected chi connectivity index (χ0v) is 13.7. The Morgan fingerprint density at radius 1 is 1.30 bits per heavy atom. The molecule has 0 fully saturated rings. The SMILES string of the molecule is CC(C)CNC(=O)c1cnn2c(-c3ccccc3Cl)ccnc12. The minimum absolute atomic E-state index is 0.169. The molecule has 2 aromatic heterocycles. The highest BCUT2D eigenvalue weighted by Gasteiger charge is 2.16. The predicted molar refractivity (Wildman–Crippen MR) is 90.6 cm³/mol. The normalized spacial score (nSPS) is 11.1. The fourth-order valence-electron chi connectivity index (χ4n) is 2.32. The second kappa shape index (κ2) is 6.38. The molecule has 0 aliphatic heterocycles. The number of amides is 1. The van der Waals surface area contributed by atoms with Crippen molar-refractivity contribution in [2.75, 3.05) is 6.54 Å². The number of nitrogens with zero attached hydrogens (tertiary/aromatic N) is 3. The van der Waals surface area contributed by atoms with E-state index in [4.69, 9.17) is 11.6 Å². The van der Waals surface area contributed by atoms with Crippen molar-refractivity contribution in [1.82, 2.24) is 19.9 Å². The van der Waals surface area contributed by atoms with Gasteiger partial charge in [-0.1, -0.05) is 43.6 Å². The van der Waals surface area contributed by atoms with Crippen molar-refractivity contribution in [1.29, 1.82) is 0 Å². The molecule has 3 rings (SSSR count). The van der Waals surface area contributed by atoms with Crippen LogP contribution >= 0.6 is 11.6 Å². The summed E-state index contributed by atoms with van der Waals surface area (Å²) in [6.07, 6.45) is 3.20. The van der Waals surface area contributed by atoms with E-state index in [2.05, 4.69) is 15.4 Å². The summed E-state index contributed by atoms with van der Waals surface area (Å²) < 4.78 is 1.64. The van der Waals surface area contributed by atoms with Gasteiger partial charge in [0.25, 0.3) is 5.91 Å². The second-order valence-electron chi connectivity index (χ2n) is 5.71. The average molecular weight is 329 g/mol. The molecular formula is C17H17ClN4O. The Labute approximate surface area is 139 Å². The number of aromatic nitrogens is 3. The highest BCUT2D eigenvalue weighted by molar-refractivity contribution is 6.33. The lowest BCUT2D eigenvalue weighted by Crippen LogP contribution is -2.27. The lowest BCUT2D eigenvalue weighted by Gasteiger charge is -2.08. The van der Waals surface area contributed by atoms with Gasteiger partial charge in [-0.05, 0) is 18.1 Å². The molecule has 0 saturated heterocycles. The van der Waals surface area contributed by atoms with Gasteiger partial charge in [0.1, 0.15) is 5.56 Å². The van der Waals surface area contributed by atoms with Crippen molar-refractivity contribution in [2.24, 2.45) is 5.92 Å². The predicted octanol–water partition coefficient (Wildman–Crippen LogP) is 3.44. The summed E-state index contributed by atoms with van der Waals surface area (Å²) in [6.45, 7) is 4.70. The zero-order valence-electron chi connectivity index (χ0n) is 13.0. The number of carbonyl (C=O) groups is 1. The molecule has 0 saturated carbocycles. The number of carbonyl (C=O) groups excluding carboxylic acids is 1. The highest BCUT2D eigenvalue weighted by Crippen LogP contribution is 2.27. The van der Waals surface area contributed by atoms with E-state index in [-0.39, 0.29) is 5.91 Å². The summed E-state index contributed by atoms with van der Waals surface area (Å²) in [6, 6.07) is 9.35. The lowest BCUT2D eigenvalue weighted by molar-refractivity contribution is 0.0950. The molecule has 0 unspecified atom stereocenters. The average Bonchev–Trinajstić information content (AvgIpc) is 2.97. The van der Waals surface area contributed by atoms with Gasteiger partial charge < -0.3 is 5.32 Å². The summed E-state index contributed by atoms with van der Waals surface area (Å²) in [7, 11) is 0. The van der Waals surface area contributed by atoms with Gasteiger partial charge in [-0.3, -0.25) is 4.79 Å². The van der Waals surface area contributed by atoms with Gasteiger partial charge in [0.15, 0.2) is 5.65 Å². The molecule has 1 aromatic carbocycles. The Morgan fingerprint density at radius 2 is 2.09 bits per heavy atom. The Kier molecular flexibility index (Phi) is 4.30. The monoisotopic (exact) mass is 328 g/mol. The van der Waals surface area contributed by atoms with Crippen LogP contribution in [-0.4, -0.2) is 27.0 Å². The molecule has 2 heterocycles. The van der Waals surface area contributed by atoms with Crippen molar-refractivity contribution < 1.29 is 4.79 Å². The smallest absolute Gasteiger partial charge is 0.256 e. The Bertz CT molecular complexity index is 857. The largest absolute Gasteiger partial charge is 0.352 e. The third-order valence-electron chi connectivity index (χ3n) is 3.47. The molecule has 1 amide bonds. The third kappa shape index (κ3) is 3.05. The number of hydrogen-bond donors (Lipinski definition) is 1. The molecule has 0 spiro atoms.